The molecule has 17 heavy (non-hydrogen) atoms. The zero-order valence-electron chi connectivity index (χ0n) is 10.5. The quantitative estimate of drug-likeness (QED) is 0.792. The molecular formula is C13H19NO3. The number of methoxy groups -OCH3 is 1. The fraction of sp³-hybridized carbons (Fsp3) is 0.462. The van der Waals surface area contributed by atoms with E-state index in [0.29, 0.717) is 0 Å². The fourth-order valence-corrected chi connectivity index (χ4v) is 1.24. The third-order valence-corrected chi connectivity index (χ3v) is 2.53. The Bertz CT molecular complexity index is 359. The molecule has 0 unspecified atom stereocenters. The topological polar surface area (TPSA) is 61.5 Å². The number of hydrogen-bond acceptors (Lipinski definition) is 4. The minimum Gasteiger partial charge on any atom is -0.497 e. The van der Waals surface area contributed by atoms with Gasteiger partial charge in [0.05, 0.1) is 7.11 Å². The normalized spacial score (nSPS) is 12.3. The molecular weight excluding hydrogens is 218 g/mol. The predicted molar refractivity (Wildman–Crippen MR) is 65.6 cm³/mol. The number of hydrogen-bond donors (Lipinski definition) is 1. The third kappa shape index (κ3) is 4.07. The summed E-state index contributed by atoms with van der Waals surface area (Å²) < 4.78 is 10.2. The Labute approximate surface area is 102 Å². The summed E-state index contributed by atoms with van der Waals surface area (Å²) >= 11 is 0. The molecule has 94 valence electrons. The molecule has 2 N–H and O–H groups in total. The van der Waals surface area contributed by atoms with Gasteiger partial charge in [0.1, 0.15) is 18.4 Å². The molecule has 0 bridgehead atoms. The van der Waals surface area contributed by atoms with Crippen LogP contribution in [-0.4, -0.2) is 19.1 Å². The molecule has 1 aromatic carbocycles. The van der Waals surface area contributed by atoms with Crippen LogP contribution in [0.1, 0.15) is 19.4 Å². The number of nitrogens with two attached hydrogens (primary N) is 1. The maximum Gasteiger partial charge on any atom is 0.323 e. The smallest absolute Gasteiger partial charge is 0.323 e. The van der Waals surface area contributed by atoms with Gasteiger partial charge in [0.25, 0.3) is 0 Å². The van der Waals surface area contributed by atoms with Crippen LogP contribution in [-0.2, 0) is 16.1 Å². The highest BCUT2D eigenvalue weighted by atomic mass is 16.5. The highest BCUT2D eigenvalue weighted by molar-refractivity contribution is 5.75. The molecule has 0 aliphatic heterocycles. The van der Waals surface area contributed by atoms with Crippen molar-refractivity contribution in [2.24, 2.45) is 11.7 Å². The predicted octanol–water partition coefficient (Wildman–Crippen LogP) is 1.72. The zero-order valence-corrected chi connectivity index (χ0v) is 10.5. The summed E-state index contributed by atoms with van der Waals surface area (Å²) in [6.45, 7) is 4.02. The average molecular weight is 237 g/mol. The van der Waals surface area contributed by atoms with Crippen molar-refractivity contribution in [3.8, 4) is 5.75 Å². The summed E-state index contributed by atoms with van der Waals surface area (Å²) in [6, 6.07) is 6.80. The highest BCUT2D eigenvalue weighted by Crippen LogP contribution is 2.12. The summed E-state index contributed by atoms with van der Waals surface area (Å²) in [4.78, 5) is 11.5. The Morgan fingerprint density at radius 1 is 1.29 bits per heavy atom. The molecule has 0 aromatic heterocycles. The van der Waals surface area contributed by atoms with Gasteiger partial charge in [-0.25, -0.2) is 0 Å². The Morgan fingerprint density at radius 2 is 1.88 bits per heavy atom. The van der Waals surface area contributed by atoms with Gasteiger partial charge in [-0.05, 0) is 23.6 Å². The number of carbonyl (C=O) groups is 1. The molecule has 0 aliphatic carbocycles. The molecule has 4 heteroatoms. The average Bonchev–Trinajstić information content (AvgIpc) is 2.35. The molecule has 0 saturated carbocycles. The van der Waals surface area contributed by atoms with Crippen LogP contribution in [0.3, 0.4) is 0 Å². The SMILES string of the molecule is COc1ccc(COC(=O)[C@@H](N)C(C)C)cc1. The Kier molecular flexibility index (Phi) is 4.97. The van der Waals surface area contributed by atoms with Crippen LogP contribution >= 0.6 is 0 Å². The van der Waals surface area contributed by atoms with Crippen LogP contribution in [0.25, 0.3) is 0 Å². The lowest BCUT2D eigenvalue weighted by Crippen LogP contribution is -2.36. The van der Waals surface area contributed by atoms with E-state index in [9.17, 15) is 4.79 Å². The van der Waals surface area contributed by atoms with Gasteiger partial charge in [-0.15, -0.1) is 0 Å². The first-order chi connectivity index (χ1) is 8.04. The van der Waals surface area contributed by atoms with Crippen LogP contribution in [0.15, 0.2) is 24.3 Å². The maximum absolute atomic E-state index is 11.5. The van der Waals surface area contributed by atoms with Crippen molar-refractivity contribution < 1.29 is 14.3 Å². The standard InChI is InChI=1S/C13H19NO3/c1-9(2)12(14)13(15)17-8-10-4-6-11(16-3)7-5-10/h4-7,9,12H,8,14H2,1-3H3/t12-/m0/s1. The van der Waals surface area contributed by atoms with Gasteiger partial charge >= 0.3 is 5.97 Å². The van der Waals surface area contributed by atoms with Gasteiger partial charge < -0.3 is 15.2 Å². The van der Waals surface area contributed by atoms with Crippen LogP contribution < -0.4 is 10.5 Å². The van der Waals surface area contributed by atoms with Crippen molar-refractivity contribution >= 4 is 5.97 Å². The lowest BCUT2D eigenvalue weighted by atomic mass is 10.1. The van der Waals surface area contributed by atoms with E-state index in [0.717, 1.165) is 11.3 Å². The Hall–Kier alpha value is -1.55. The monoisotopic (exact) mass is 237 g/mol. The molecule has 0 radical (unpaired) electrons. The largest absolute Gasteiger partial charge is 0.497 e. The van der Waals surface area contributed by atoms with E-state index in [2.05, 4.69) is 0 Å². The lowest BCUT2D eigenvalue weighted by molar-refractivity contribution is -0.147. The minimum atomic E-state index is -0.562. The van der Waals surface area contributed by atoms with E-state index in [1.807, 2.05) is 38.1 Å². The van der Waals surface area contributed by atoms with Crippen molar-refractivity contribution in [2.75, 3.05) is 7.11 Å². The molecule has 1 rings (SSSR count). The van der Waals surface area contributed by atoms with Gasteiger partial charge in [-0.2, -0.15) is 0 Å². The summed E-state index contributed by atoms with van der Waals surface area (Å²) in [5.41, 5.74) is 6.59. The number of esters is 1. The number of carbonyl (C=O) groups excluding carboxylic acids is 1. The van der Waals surface area contributed by atoms with Gasteiger partial charge in [-0.1, -0.05) is 26.0 Å². The molecule has 0 heterocycles. The second-order valence-electron chi connectivity index (χ2n) is 4.23. The van der Waals surface area contributed by atoms with Crippen molar-refractivity contribution in [3.63, 3.8) is 0 Å². The molecule has 1 aromatic rings. The highest BCUT2D eigenvalue weighted by Gasteiger charge is 2.18. The summed E-state index contributed by atoms with van der Waals surface area (Å²) in [6.07, 6.45) is 0. The Morgan fingerprint density at radius 3 is 2.35 bits per heavy atom. The van der Waals surface area contributed by atoms with Crippen molar-refractivity contribution in [3.05, 3.63) is 29.8 Å². The molecule has 1 atom stereocenters. The molecule has 0 aliphatic rings. The summed E-state index contributed by atoms with van der Waals surface area (Å²) in [5.74, 6) is 0.494. The van der Waals surface area contributed by atoms with Gasteiger partial charge in [0.15, 0.2) is 0 Å². The molecule has 0 spiro atoms. The van der Waals surface area contributed by atoms with Crippen LogP contribution in [0.2, 0.25) is 0 Å². The first-order valence-corrected chi connectivity index (χ1v) is 5.59. The number of benzene rings is 1. The van der Waals surface area contributed by atoms with Gasteiger partial charge in [-0.3, -0.25) is 4.79 Å². The second kappa shape index (κ2) is 6.25. The maximum atomic E-state index is 11.5. The summed E-state index contributed by atoms with van der Waals surface area (Å²) in [7, 11) is 1.61. The van der Waals surface area contributed by atoms with Gasteiger partial charge in [0, 0.05) is 0 Å². The fourth-order valence-electron chi connectivity index (χ4n) is 1.24. The first kappa shape index (κ1) is 13.5. The van der Waals surface area contributed by atoms with E-state index >= 15 is 0 Å². The van der Waals surface area contributed by atoms with Crippen molar-refractivity contribution in [1.82, 2.24) is 0 Å². The number of rotatable bonds is 5. The summed E-state index contributed by atoms with van der Waals surface area (Å²) in [5, 5.41) is 0. The second-order valence-corrected chi connectivity index (χ2v) is 4.23. The molecule has 0 amide bonds. The van der Waals surface area contributed by atoms with E-state index in [-0.39, 0.29) is 18.5 Å². The lowest BCUT2D eigenvalue weighted by Gasteiger charge is -2.14. The molecule has 4 nitrogen and oxygen atoms in total. The Balaban J connectivity index is 2.47. The van der Waals surface area contributed by atoms with Crippen LogP contribution in [0, 0.1) is 5.92 Å². The molecule has 0 fully saturated rings. The van der Waals surface area contributed by atoms with E-state index in [4.69, 9.17) is 15.2 Å². The van der Waals surface area contributed by atoms with E-state index < -0.39 is 6.04 Å². The number of ether oxygens (including phenoxy) is 2. The first-order valence-electron chi connectivity index (χ1n) is 5.59. The third-order valence-electron chi connectivity index (χ3n) is 2.53. The van der Waals surface area contributed by atoms with E-state index in [1.165, 1.54) is 0 Å². The molecule has 0 saturated heterocycles. The van der Waals surface area contributed by atoms with Crippen molar-refractivity contribution in [1.29, 1.82) is 0 Å². The van der Waals surface area contributed by atoms with Crippen molar-refractivity contribution in [2.45, 2.75) is 26.5 Å². The van der Waals surface area contributed by atoms with Crippen LogP contribution in [0.4, 0.5) is 0 Å². The zero-order chi connectivity index (χ0) is 12.8. The minimum absolute atomic E-state index is 0.0818. The van der Waals surface area contributed by atoms with Gasteiger partial charge in [0.2, 0.25) is 0 Å². The van der Waals surface area contributed by atoms with Crippen LogP contribution in [0.5, 0.6) is 5.75 Å². The van der Waals surface area contributed by atoms with E-state index in [1.54, 1.807) is 7.11 Å².